The lowest BCUT2D eigenvalue weighted by Gasteiger charge is -2.34. The van der Waals surface area contributed by atoms with Gasteiger partial charge in [-0.2, -0.15) is 0 Å². The summed E-state index contributed by atoms with van der Waals surface area (Å²) in [7, 11) is 4.15. The summed E-state index contributed by atoms with van der Waals surface area (Å²) in [5.41, 5.74) is 0. The molecule has 1 aliphatic rings. The van der Waals surface area contributed by atoms with E-state index in [1.807, 2.05) is 11.4 Å². The van der Waals surface area contributed by atoms with Crippen molar-refractivity contribution >= 4 is 28.6 Å². The van der Waals surface area contributed by atoms with Crippen molar-refractivity contribution < 1.29 is 0 Å². The fraction of sp³-hybridized carbons (Fsp3) is 0.750. The molecule has 0 spiro atoms. The van der Waals surface area contributed by atoms with E-state index >= 15 is 0 Å². The third-order valence-electron chi connectivity index (χ3n) is 2.06. The second-order valence-corrected chi connectivity index (χ2v) is 11.4. The average Bonchev–Trinajstić information content (AvgIpc) is 2.04. The van der Waals surface area contributed by atoms with Gasteiger partial charge in [0, 0.05) is 17.8 Å². The van der Waals surface area contributed by atoms with E-state index in [9.17, 15) is 0 Å². The molecule has 1 nitrogen and oxygen atoms in total. The van der Waals surface area contributed by atoms with Crippen molar-refractivity contribution in [1.82, 2.24) is 4.67 Å². The molecule has 0 aliphatic carbocycles. The molecule has 2 unspecified atom stereocenters. The summed E-state index contributed by atoms with van der Waals surface area (Å²) >= 11 is 7.57. The maximum Gasteiger partial charge on any atom is 0.0677 e. The zero-order valence-electron chi connectivity index (χ0n) is 7.49. The van der Waals surface area contributed by atoms with Crippen LogP contribution in [0.25, 0.3) is 0 Å². The van der Waals surface area contributed by atoms with Gasteiger partial charge >= 0.3 is 0 Å². The van der Waals surface area contributed by atoms with Crippen LogP contribution in [-0.2, 0) is 11.8 Å². The zero-order chi connectivity index (χ0) is 9.19. The number of nitrogens with zero attached hydrogens (tertiary/aromatic N) is 1. The van der Waals surface area contributed by atoms with Gasteiger partial charge in [-0.1, -0.05) is 11.8 Å². The summed E-state index contributed by atoms with van der Waals surface area (Å²) in [6.07, 6.45) is 7.62. The number of rotatable bonds is 1. The first-order valence-electron chi connectivity index (χ1n) is 3.96. The van der Waals surface area contributed by atoms with Gasteiger partial charge in [0.05, 0.1) is 5.39 Å². The molecule has 0 bridgehead atoms. The van der Waals surface area contributed by atoms with Gasteiger partial charge in [-0.25, -0.2) is 0 Å². The van der Waals surface area contributed by atoms with Gasteiger partial charge in [0.2, 0.25) is 0 Å². The van der Waals surface area contributed by atoms with Crippen LogP contribution in [0.3, 0.4) is 0 Å². The fourth-order valence-corrected chi connectivity index (χ4v) is 7.29. The minimum Gasteiger partial charge on any atom is -0.273 e. The molecule has 68 valence electrons. The summed E-state index contributed by atoms with van der Waals surface area (Å²) < 4.78 is 2.20. The number of hydrogen-bond acceptors (Lipinski definition) is 2. The van der Waals surface area contributed by atoms with Crippen LogP contribution in [0.1, 0.15) is 6.42 Å². The van der Waals surface area contributed by atoms with Gasteiger partial charge in [0.15, 0.2) is 0 Å². The molecule has 4 heteroatoms. The molecule has 2 atom stereocenters. The Kier molecular flexibility index (Phi) is 3.67. The number of hydrogen-bond donors (Lipinski definition) is 0. The largest absolute Gasteiger partial charge is 0.273 e. The minimum atomic E-state index is -1.32. The zero-order valence-corrected chi connectivity index (χ0v) is 10.0. The second-order valence-electron chi connectivity index (χ2n) is 3.15. The Morgan fingerprint density at radius 3 is 2.83 bits per heavy atom. The summed E-state index contributed by atoms with van der Waals surface area (Å²) in [6, 6.07) is 0. The van der Waals surface area contributed by atoms with Crippen molar-refractivity contribution in [1.29, 1.82) is 0 Å². The van der Waals surface area contributed by atoms with E-state index in [4.69, 9.17) is 18.2 Å². The quantitative estimate of drug-likeness (QED) is 0.492. The molecule has 0 N–H and O–H groups in total. The van der Waals surface area contributed by atoms with E-state index in [-0.39, 0.29) is 0 Å². The lowest BCUT2D eigenvalue weighted by molar-refractivity contribution is 0.656. The molecule has 1 saturated heterocycles. The lowest BCUT2D eigenvalue weighted by Crippen LogP contribution is -2.18. The smallest absolute Gasteiger partial charge is 0.0677 e. The van der Waals surface area contributed by atoms with Crippen LogP contribution in [0.2, 0.25) is 0 Å². The van der Waals surface area contributed by atoms with E-state index in [1.54, 1.807) is 0 Å². The minimum absolute atomic E-state index is 0.430. The highest BCUT2D eigenvalue weighted by Crippen LogP contribution is 2.64. The van der Waals surface area contributed by atoms with Gasteiger partial charge in [-0.15, -0.1) is 23.7 Å². The first-order valence-corrected chi connectivity index (χ1v) is 8.49. The standard InChI is InChI=1S/C8H14NPS2/c1-4-8-5-6-12-10(11,7-8)9(2)3/h1,8H,5-7H2,2-3H3. The van der Waals surface area contributed by atoms with Crippen LogP contribution < -0.4 is 0 Å². The van der Waals surface area contributed by atoms with Crippen molar-refractivity contribution in [3.63, 3.8) is 0 Å². The summed E-state index contributed by atoms with van der Waals surface area (Å²) in [5, 5.41) is -1.32. The Morgan fingerprint density at radius 2 is 2.33 bits per heavy atom. The maximum absolute atomic E-state index is 5.63. The van der Waals surface area contributed by atoms with Gasteiger partial charge in [-0.05, 0) is 20.5 Å². The van der Waals surface area contributed by atoms with Crippen LogP contribution in [0.15, 0.2) is 0 Å². The van der Waals surface area contributed by atoms with E-state index in [0.29, 0.717) is 5.92 Å². The predicted molar refractivity (Wildman–Crippen MR) is 62.2 cm³/mol. The van der Waals surface area contributed by atoms with E-state index in [2.05, 4.69) is 24.7 Å². The molecular formula is C8H14NPS2. The Bertz CT molecular complexity index is 244. The fourth-order valence-electron chi connectivity index (χ4n) is 1.17. The van der Waals surface area contributed by atoms with Gasteiger partial charge in [0.25, 0.3) is 0 Å². The van der Waals surface area contributed by atoms with E-state index in [0.717, 1.165) is 18.3 Å². The van der Waals surface area contributed by atoms with Crippen molar-refractivity contribution in [2.45, 2.75) is 6.42 Å². The Labute approximate surface area is 84.1 Å². The van der Waals surface area contributed by atoms with E-state index < -0.39 is 5.39 Å². The van der Waals surface area contributed by atoms with Crippen LogP contribution in [-0.4, -0.2) is 30.7 Å². The molecule has 0 radical (unpaired) electrons. The Morgan fingerprint density at radius 1 is 1.67 bits per heavy atom. The molecular weight excluding hydrogens is 205 g/mol. The van der Waals surface area contributed by atoms with Crippen molar-refractivity contribution in [3.05, 3.63) is 0 Å². The normalized spacial score (nSPS) is 36.3. The van der Waals surface area contributed by atoms with E-state index in [1.165, 1.54) is 0 Å². The monoisotopic (exact) mass is 219 g/mol. The summed E-state index contributed by atoms with van der Waals surface area (Å²) in [4.78, 5) is 0. The molecule has 0 aromatic heterocycles. The maximum atomic E-state index is 5.63. The van der Waals surface area contributed by atoms with Crippen molar-refractivity contribution in [2.75, 3.05) is 26.0 Å². The lowest BCUT2D eigenvalue weighted by atomic mass is 10.1. The summed E-state index contributed by atoms with van der Waals surface area (Å²) in [6.45, 7) is 0. The Hall–Kier alpha value is 0.520. The van der Waals surface area contributed by atoms with Crippen molar-refractivity contribution in [2.24, 2.45) is 5.92 Å². The predicted octanol–water partition coefficient (Wildman–Crippen LogP) is 2.24. The SMILES string of the molecule is C#CC1CCSP(=S)(N(C)C)C1. The van der Waals surface area contributed by atoms with Gasteiger partial charge in [-0.3, -0.25) is 4.67 Å². The highest BCUT2D eigenvalue weighted by atomic mass is 32.9. The van der Waals surface area contributed by atoms with Crippen molar-refractivity contribution in [3.8, 4) is 12.3 Å². The molecule has 1 rings (SSSR count). The average molecular weight is 219 g/mol. The molecule has 0 aromatic carbocycles. The molecule has 12 heavy (non-hydrogen) atoms. The van der Waals surface area contributed by atoms with Crippen LogP contribution in [0.4, 0.5) is 0 Å². The van der Waals surface area contributed by atoms with Crippen LogP contribution >= 0.6 is 16.8 Å². The van der Waals surface area contributed by atoms with Gasteiger partial charge < -0.3 is 0 Å². The third-order valence-corrected chi connectivity index (χ3v) is 10.6. The topological polar surface area (TPSA) is 3.24 Å². The number of terminal acetylenes is 1. The first kappa shape index (κ1) is 10.6. The van der Waals surface area contributed by atoms with Gasteiger partial charge in [0.1, 0.15) is 0 Å². The second kappa shape index (κ2) is 4.15. The van der Waals surface area contributed by atoms with Crippen LogP contribution in [0.5, 0.6) is 0 Å². The molecule has 1 aliphatic heterocycles. The molecule has 0 saturated carbocycles. The first-order chi connectivity index (χ1) is 5.58. The highest BCUT2D eigenvalue weighted by Gasteiger charge is 2.28. The molecule has 0 aromatic rings. The molecule has 1 heterocycles. The molecule has 1 fully saturated rings. The molecule has 0 amide bonds. The van der Waals surface area contributed by atoms with Crippen LogP contribution in [0, 0.1) is 18.3 Å². The Balaban J connectivity index is 2.69. The summed E-state index contributed by atoms with van der Waals surface area (Å²) in [5.74, 6) is 4.41. The third kappa shape index (κ3) is 2.26. The highest BCUT2D eigenvalue weighted by molar-refractivity contribution is 8.70.